The van der Waals surface area contributed by atoms with Crippen LogP contribution < -0.4 is 5.32 Å². The number of hydrogen-bond donors (Lipinski definition) is 1. The van der Waals surface area contributed by atoms with E-state index < -0.39 is 11.9 Å². The molecule has 6 nitrogen and oxygen atoms in total. The molecule has 0 aliphatic heterocycles. The van der Waals surface area contributed by atoms with Crippen molar-refractivity contribution < 1.29 is 18.7 Å². The van der Waals surface area contributed by atoms with E-state index in [1.807, 2.05) is 35.7 Å². The molecular formula is C18H14N2O4S. The quantitative estimate of drug-likeness (QED) is 0.540. The predicted octanol–water partition coefficient (Wildman–Crippen LogP) is 3.60. The third kappa shape index (κ3) is 4.89. The standard InChI is InChI=1S/C18H14N2O4S/c21-16(11-24-17(22)9-8-14-7-4-10-23-14)20-18-19-15(12-25-18)13-5-2-1-3-6-13/h1-10,12H,11H2,(H,19,20,21)/b9-8+. The summed E-state index contributed by atoms with van der Waals surface area (Å²) in [5.74, 6) is -0.554. The average Bonchev–Trinajstić information content (AvgIpc) is 3.31. The Kier molecular flexibility index (Phi) is 5.38. The van der Waals surface area contributed by atoms with Gasteiger partial charge in [0.1, 0.15) is 5.76 Å². The zero-order chi connectivity index (χ0) is 17.5. The largest absolute Gasteiger partial charge is 0.465 e. The van der Waals surface area contributed by atoms with Crippen LogP contribution in [-0.2, 0) is 14.3 Å². The lowest BCUT2D eigenvalue weighted by molar-refractivity contribution is -0.142. The van der Waals surface area contributed by atoms with Crippen LogP contribution in [0.1, 0.15) is 5.76 Å². The fourth-order valence-corrected chi connectivity index (χ4v) is 2.68. The number of hydrogen-bond acceptors (Lipinski definition) is 6. The van der Waals surface area contributed by atoms with Gasteiger partial charge in [-0.25, -0.2) is 9.78 Å². The van der Waals surface area contributed by atoms with Gasteiger partial charge in [-0.2, -0.15) is 0 Å². The molecule has 126 valence electrons. The van der Waals surface area contributed by atoms with Crippen LogP contribution >= 0.6 is 11.3 Å². The number of benzene rings is 1. The summed E-state index contributed by atoms with van der Waals surface area (Å²) in [5, 5.41) is 4.91. The van der Waals surface area contributed by atoms with Crippen molar-refractivity contribution in [3.8, 4) is 11.3 Å². The number of nitrogens with zero attached hydrogens (tertiary/aromatic N) is 1. The Labute approximate surface area is 147 Å². The second kappa shape index (κ2) is 8.07. The van der Waals surface area contributed by atoms with E-state index >= 15 is 0 Å². The number of carbonyl (C=O) groups excluding carboxylic acids is 2. The number of esters is 1. The van der Waals surface area contributed by atoms with Crippen molar-refractivity contribution in [2.75, 3.05) is 11.9 Å². The van der Waals surface area contributed by atoms with Crippen LogP contribution in [0.25, 0.3) is 17.3 Å². The van der Waals surface area contributed by atoms with Crippen molar-refractivity contribution in [2.24, 2.45) is 0 Å². The van der Waals surface area contributed by atoms with Gasteiger partial charge in [0, 0.05) is 17.0 Å². The van der Waals surface area contributed by atoms with Gasteiger partial charge in [0.25, 0.3) is 5.91 Å². The van der Waals surface area contributed by atoms with Crippen molar-refractivity contribution in [3.05, 3.63) is 65.9 Å². The Morgan fingerprint density at radius 1 is 1.20 bits per heavy atom. The molecule has 0 spiro atoms. The maximum absolute atomic E-state index is 11.8. The SMILES string of the molecule is O=C(COC(=O)/C=C/c1ccco1)Nc1nc(-c2ccccc2)cs1. The number of rotatable bonds is 6. The molecule has 0 saturated carbocycles. The molecule has 0 fully saturated rings. The van der Waals surface area contributed by atoms with E-state index in [2.05, 4.69) is 10.3 Å². The monoisotopic (exact) mass is 354 g/mol. The molecule has 0 unspecified atom stereocenters. The Balaban J connectivity index is 1.48. The van der Waals surface area contributed by atoms with Crippen LogP contribution in [0.15, 0.2) is 64.6 Å². The molecule has 1 N–H and O–H groups in total. The second-order valence-corrected chi connectivity index (χ2v) is 5.77. The Morgan fingerprint density at radius 3 is 2.80 bits per heavy atom. The number of thiazole rings is 1. The summed E-state index contributed by atoms with van der Waals surface area (Å²) in [5.41, 5.74) is 1.74. The molecule has 1 amide bonds. The van der Waals surface area contributed by atoms with Gasteiger partial charge in [-0.1, -0.05) is 30.3 Å². The highest BCUT2D eigenvalue weighted by Crippen LogP contribution is 2.24. The van der Waals surface area contributed by atoms with E-state index in [0.29, 0.717) is 10.9 Å². The second-order valence-electron chi connectivity index (χ2n) is 4.91. The number of carbonyl (C=O) groups is 2. The maximum atomic E-state index is 11.8. The summed E-state index contributed by atoms with van der Waals surface area (Å²) >= 11 is 1.31. The zero-order valence-electron chi connectivity index (χ0n) is 13.0. The number of amides is 1. The molecule has 0 radical (unpaired) electrons. The van der Waals surface area contributed by atoms with Gasteiger partial charge >= 0.3 is 5.97 Å². The zero-order valence-corrected chi connectivity index (χ0v) is 13.9. The highest BCUT2D eigenvalue weighted by Gasteiger charge is 2.09. The first kappa shape index (κ1) is 16.7. The van der Waals surface area contributed by atoms with E-state index in [4.69, 9.17) is 9.15 Å². The first-order valence-electron chi connectivity index (χ1n) is 7.40. The molecule has 0 atom stereocenters. The minimum atomic E-state index is -0.629. The van der Waals surface area contributed by atoms with Crippen molar-refractivity contribution in [3.63, 3.8) is 0 Å². The van der Waals surface area contributed by atoms with Crippen molar-refractivity contribution in [1.29, 1.82) is 0 Å². The fourth-order valence-electron chi connectivity index (χ4n) is 1.95. The molecule has 2 heterocycles. The molecule has 3 rings (SSSR count). The normalized spacial score (nSPS) is 10.7. The molecule has 25 heavy (non-hydrogen) atoms. The minimum Gasteiger partial charge on any atom is -0.465 e. The number of anilines is 1. The summed E-state index contributed by atoms with van der Waals surface area (Å²) in [7, 11) is 0. The average molecular weight is 354 g/mol. The van der Waals surface area contributed by atoms with Crippen molar-refractivity contribution >= 4 is 34.4 Å². The van der Waals surface area contributed by atoms with E-state index in [1.165, 1.54) is 29.8 Å². The lowest BCUT2D eigenvalue weighted by Gasteiger charge is -2.02. The Bertz CT molecular complexity index is 870. The summed E-state index contributed by atoms with van der Waals surface area (Å²) in [4.78, 5) is 27.7. The van der Waals surface area contributed by atoms with E-state index in [0.717, 1.165) is 11.3 Å². The summed E-state index contributed by atoms with van der Waals surface area (Å²) in [6.45, 7) is -0.387. The first-order chi connectivity index (χ1) is 12.2. The highest BCUT2D eigenvalue weighted by molar-refractivity contribution is 7.14. The molecule has 7 heteroatoms. The Morgan fingerprint density at radius 2 is 2.04 bits per heavy atom. The Hall–Kier alpha value is -3.19. The van der Waals surface area contributed by atoms with Gasteiger partial charge in [0.15, 0.2) is 11.7 Å². The number of aromatic nitrogens is 1. The minimum absolute atomic E-state index is 0.387. The van der Waals surface area contributed by atoms with Gasteiger partial charge in [-0.05, 0) is 18.2 Å². The molecule has 1 aromatic carbocycles. The van der Waals surface area contributed by atoms with Crippen LogP contribution in [0.3, 0.4) is 0 Å². The highest BCUT2D eigenvalue weighted by atomic mass is 32.1. The third-order valence-corrected chi connectivity index (χ3v) is 3.85. The molecule has 0 saturated heterocycles. The van der Waals surface area contributed by atoms with Crippen LogP contribution in [0.2, 0.25) is 0 Å². The molecule has 3 aromatic rings. The van der Waals surface area contributed by atoms with E-state index in [-0.39, 0.29) is 6.61 Å². The summed E-state index contributed by atoms with van der Waals surface area (Å²) in [6, 6.07) is 13.0. The van der Waals surface area contributed by atoms with Crippen LogP contribution in [0, 0.1) is 0 Å². The van der Waals surface area contributed by atoms with Gasteiger partial charge in [-0.3, -0.25) is 10.1 Å². The summed E-state index contributed by atoms with van der Waals surface area (Å²) < 4.78 is 9.91. The van der Waals surface area contributed by atoms with Gasteiger partial charge < -0.3 is 9.15 Å². The van der Waals surface area contributed by atoms with Gasteiger partial charge in [0.05, 0.1) is 12.0 Å². The number of furan rings is 1. The topological polar surface area (TPSA) is 81.4 Å². The van der Waals surface area contributed by atoms with Crippen molar-refractivity contribution in [2.45, 2.75) is 0 Å². The number of ether oxygens (including phenoxy) is 1. The van der Waals surface area contributed by atoms with Crippen LogP contribution in [0.4, 0.5) is 5.13 Å². The lowest BCUT2D eigenvalue weighted by Crippen LogP contribution is -2.20. The van der Waals surface area contributed by atoms with Crippen LogP contribution in [0.5, 0.6) is 0 Å². The molecule has 0 aliphatic carbocycles. The van der Waals surface area contributed by atoms with Crippen molar-refractivity contribution in [1.82, 2.24) is 4.98 Å². The van der Waals surface area contributed by atoms with Gasteiger partial charge in [0.2, 0.25) is 0 Å². The fraction of sp³-hybridized carbons (Fsp3) is 0.0556. The molecule has 0 bridgehead atoms. The summed E-state index contributed by atoms with van der Waals surface area (Å²) in [6.07, 6.45) is 4.16. The lowest BCUT2D eigenvalue weighted by atomic mass is 10.2. The third-order valence-electron chi connectivity index (χ3n) is 3.09. The first-order valence-corrected chi connectivity index (χ1v) is 8.28. The predicted molar refractivity (Wildman–Crippen MR) is 94.9 cm³/mol. The maximum Gasteiger partial charge on any atom is 0.331 e. The van der Waals surface area contributed by atoms with E-state index in [9.17, 15) is 9.59 Å². The van der Waals surface area contributed by atoms with E-state index in [1.54, 1.807) is 12.1 Å². The molecular weight excluding hydrogens is 340 g/mol. The van der Waals surface area contributed by atoms with Crippen LogP contribution in [-0.4, -0.2) is 23.5 Å². The number of nitrogens with one attached hydrogen (secondary N) is 1. The van der Waals surface area contributed by atoms with Gasteiger partial charge in [-0.15, -0.1) is 11.3 Å². The molecule has 0 aliphatic rings. The smallest absolute Gasteiger partial charge is 0.331 e. The molecule has 2 aromatic heterocycles.